The van der Waals surface area contributed by atoms with Crippen LogP contribution in [0.4, 0.5) is 0 Å². The summed E-state index contributed by atoms with van der Waals surface area (Å²) < 4.78 is 5.14. The fraction of sp³-hybridized carbons (Fsp3) is 0.857. The summed E-state index contributed by atoms with van der Waals surface area (Å²) in [5.74, 6) is -0.802. The number of nitrogens with zero attached hydrogens (tertiary/aromatic N) is 1. The summed E-state index contributed by atoms with van der Waals surface area (Å²) in [4.78, 5) is 12.1. The molecule has 0 aromatic rings. The quantitative estimate of drug-likeness (QED) is 0.622. The smallest absolute Gasteiger partial charge is 0.317 e. The summed E-state index contributed by atoms with van der Waals surface area (Å²) in [6, 6.07) is 0. The van der Waals surface area contributed by atoms with Gasteiger partial charge in [-0.25, -0.2) is 0 Å². The highest BCUT2D eigenvalue weighted by atomic mass is 16.5. The van der Waals surface area contributed by atoms with Gasteiger partial charge in [0.1, 0.15) is 6.73 Å². The predicted molar refractivity (Wildman–Crippen MR) is 39.2 cm³/mol. The van der Waals surface area contributed by atoms with Crippen molar-refractivity contribution in [2.75, 3.05) is 19.9 Å². The Morgan fingerprint density at radius 1 is 1.73 bits per heavy atom. The molecule has 64 valence electrons. The Morgan fingerprint density at radius 2 is 2.36 bits per heavy atom. The predicted octanol–water partition coefficient (Wildman–Crippen LogP) is 0.139. The monoisotopic (exact) mass is 159 g/mol. The second kappa shape index (κ2) is 2.79. The molecule has 0 radical (unpaired) electrons. The van der Waals surface area contributed by atoms with E-state index in [1.54, 1.807) is 4.90 Å². The molecule has 1 N–H and O–H groups in total. The lowest BCUT2D eigenvalue weighted by Gasteiger charge is -2.26. The molecule has 4 heteroatoms. The van der Waals surface area contributed by atoms with Crippen molar-refractivity contribution in [3.63, 3.8) is 0 Å². The Balaban J connectivity index is 2.51. The first-order chi connectivity index (χ1) is 5.02. The van der Waals surface area contributed by atoms with Crippen LogP contribution in [-0.2, 0) is 9.53 Å². The second-order valence-electron chi connectivity index (χ2n) is 3.38. The van der Waals surface area contributed by atoms with Crippen LogP contribution in [0.15, 0.2) is 0 Å². The van der Waals surface area contributed by atoms with Crippen LogP contribution in [-0.4, -0.2) is 41.4 Å². The van der Waals surface area contributed by atoms with Crippen LogP contribution in [0.25, 0.3) is 0 Å². The molecular formula is C7H13NO3. The van der Waals surface area contributed by atoms with Crippen LogP contribution >= 0.6 is 0 Å². The van der Waals surface area contributed by atoms with Gasteiger partial charge in [0, 0.05) is 5.54 Å². The van der Waals surface area contributed by atoms with Crippen molar-refractivity contribution in [1.82, 2.24) is 4.90 Å². The van der Waals surface area contributed by atoms with E-state index in [4.69, 9.17) is 9.84 Å². The van der Waals surface area contributed by atoms with Crippen LogP contribution < -0.4 is 0 Å². The van der Waals surface area contributed by atoms with Crippen molar-refractivity contribution < 1.29 is 14.6 Å². The maximum atomic E-state index is 10.3. The van der Waals surface area contributed by atoms with Crippen molar-refractivity contribution >= 4 is 5.97 Å². The lowest BCUT2D eigenvalue weighted by atomic mass is 10.1. The first-order valence-electron chi connectivity index (χ1n) is 3.57. The molecule has 0 bridgehead atoms. The lowest BCUT2D eigenvalue weighted by molar-refractivity contribution is -0.139. The van der Waals surface area contributed by atoms with Gasteiger partial charge in [-0.3, -0.25) is 9.69 Å². The van der Waals surface area contributed by atoms with Crippen molar-refractivity contribution in [3.05, 3.63) is 0 Å². The molecule has 1 heterocycles. The largest absolute Gasteiger partial charge is 0.480 e. The molecule has 0 spiro atoms. The van der Waals surface area contributed by atoms with Crippen LogP contribution in [0.5, 0.6) is 0 Å². The molecule has 1 rings (SSSR count). The van der Waals surface area contributed by atoms with Gasteiger partial charge in [0.25, 0.3) is 0 Å². The maximum Gasteiger partial charge on any atom is 0.317 e. The van der Waals surface area contributed by atoms with E-state index in [2.05, 4.69) is 0 Å². The van der Waals surface area contributed by atoms with E-state index in [1.165, 1.54) is 0 Å². The van der Waals surface area contributed by atoms with Gasteiger partial charge in [-0.2, -0.15) is 0 Å². The first-order valence-corrected chi connectivity index (χ1v) is 3.57. The minimum absolute atomic E-state index is 0.0625. The second-order valence-corrected chi connectivity index (χ2v) is 3.38. The molecule has 11 heavy (non-hydrogen) atoms. The number of aliphatic carboxylic acids is 1. The average Bonchev–Trinajstić information content (AvgIpc) is 2.10. The van der Waals surface area contributed by atoms with Crippen LogP contribution in [0.1, 0.15) is 13.8 Å². The van der Waals surface area contributed by atoms with Gasteiger partial charge in [-0.15, -0.1) is 0 Å². The Hall–Kier alpha value is -0.610. The molecule has 0 saturated carbocycles. The summed E-state index contributed by atoms with van der Waals surface area (Å²) in [6.07, 6.45) is 0. The fourth-order valence-corrected chi connectivity index (χ4v) is 1.09. The van der Waals surface area contributed by atoms with E-state index in [1.807, 2.05) is 13.8 Å². The summed E-state index contributed by atoms with van der Waals surface area (Å²) in [7, 11) is 0. The number of rotatable bonds is 2. The molecule has 0 atom stereocenters. The molecule has 4 nitrogen and oxygen atoms in total. The topological polar surface area (TPSA) is 49.8 Å². The van der Waals surface area contributed by atoms with E-state index in [-0.39, 0.29) is 12.1 Å². The van der Waals surface area contributed by atoms with Crippen molar-refractivity contribution in [2.24, 2.45) is 0 Å². The van der Waals surface area contributed by atoms with Crippen molar-refractivity contribution in [1.29, 1.82) is 0 Å². The van der Waals surface area contributed by atoms with E-state index in [0.717, 1.165) is 0 Å². The van der Waals surface area contributed by atoms with E-state index in [0.29, 0.717) is 13.3 Å². The molecular weight excluding hydrogens is 146 g/mol. The molecule has 1 saturated heterocycles. The molecule has 1 aliphatic heterocycles. The Bertz CT molecular complexity index is 167. The molecule has 0 aromatic carbocycles. The zero-order valence-electron chi connectivity index (χ0n) is 6.83. The highest BCUT2D eigenvalue weighted by Gasteiger charge is 2.33. The number of ether oxygens (including phenoxy) is 1. The molecule has 1 aliphatic rings. The highest BCUT2D eigenvalue weighted by Crippen LogP contribution is 2.20. The number of carboxylic acid groups (broad SMARTS) is 1. The van der Waals surface area contributed by atoms with Gasteiger partial charge >= 0.3 is 5.97 Å². The SMILES string of the molecule is CC1(C)COCN1CC(=O)O. The zero-order valence-corrected chi connectivity index (χ0v) is 6.83. The van der Waals surface area contributed by atoms with E-state index >= 15 is 0 Å². The van der Waals surface area contributed by atoms with Gasteiger partial charge in [-0.1, -0.05) is 0 Å². The van der Waals surface area contributed by atoms with Crippen molar-refractivity contribution in [3.8, 4) is 0 Å². The summed E-state index contributed by atoms with van der Waals surface area (Å²) in [5.41, 5.74) is -0.127. The Morgan fingerprint density at radius 3 is 2.73 bits per heavy atom. The fourth-order valence-electron chi connectivity index (χ4n) is 1.09. The van der Waals surface area contributed by atoms with Crippen LogP contribution in [0, 0.1) is 0 Å². The molecule has 0 aliphatic carbocycles. The summed E-state index contributed by atoms with van der Waals surface area (Å²) >= 11 is 0. The number of carbonyl (C=O) groups is 1. The van der Waals surface area contributed by atoms with Crippen molar-refractivity contribution in [2.45, 2.75) is 19.4 Å². The first kappa shape index (κ1) is 8.49. The van der Waals surface area contributed by atoms with Gasteiger partial charge < -0.3 is 9.84 Å². The maximum absolute atomic E-state index is 10.3. The van der Waals surface area contributed by atoms with Gasteiger partial charge in [0.2, 0.25) is 0 Å². The third-order valence-electron chi connectivity index (χ3n) is 1.88. The minimum Gasteiger partial charge on any atom is -0.480 e. The Labute approximate surface area is 65.8 Å². The summed E-state index contributed by atoms with van der Waals surface area (Å²) in [6.45, 7) is 5.05. The normalized spacial score (nSPS) is 23.8. The van der Waals surface area contributed by atoms with Gasteiger partial charge in [0.05, 0.1) is 13.2 Å². The molecule has 0 amide bonds. The average molecular weight is 159 g/mol. The number of carboxylic acids is 1. The zero-order chi connectivity index (χ0) is 8.48. The van der Waals surface area contributed by atoms with E-state index in [9.17, 15) is 4.79 Å². The van der Waals surface area contributed by atoms with Crippen LogP contribution in [0.2, 0.25) is 0 Å². The molecule has 0 unspecified atom stereocenters. The van der Waals surface area contributed by atoms with Gasteiger partial charge in [0.15, 0.2) is 0 Å². The summed E-state index contributed by atoms with van der Waals surface area (Å²) in [5, 5.41) is 8.51. The van der Waals surface area contributed by atoms with Gasteiger partial charge in [-0.05, 0) is 13.8 Å². The van der Waals surface area contributed by atoms with Crippen LogP contribution in [0.3, 0.4) is 0 Å². The lowest BCUT2D eigenvalue weighted by Crippen LogP contribution is -2.42. The Kier molecular flexibility index (Phi) is 2.15. The molecule has 0 aromatic heterocycles. The highest BCUT2D eigenvalue weighted by molar-refractivity contribution is 5.69. The molecule has 1 fully saturated rings. The van der Waals surface area contributed by atoms with E-state index < -0.39 is 5.97 Å². The minimum atomic E-state index is -0.802. The third kappa shape index (κ3) is 1.91. The third-order valence-corrected chi connectivity index (χ3v) is 1.88. The number of hydrogen-bond donors (Lipinski definition) is 1. The standard InChI is InChI=1S/C7H13NO3/c1-7(2)4-11-5-8(7)3-6(9)10/h3-5H2,1-2H3,(H,9,10). The number of hydrogen-bond acceptors (Lipinski definition) is 3.